The van der Waals surface area contributed by atoms with E-state index in [9.17, 15) is 5.11 Å². The summed E-state index contributed by atoms with van der Waals surface area (Å²) < 4.78 is 0.167. The molecule has 1 heterocycles. The van der Waals surface area contributed by atoms with Crippen molar-refractivity contribution >= 4 is 11.8 Å². The van der Waals surface area contributed by atoms with Crippen LogP contribution in [0.3, 0.4) is 0 Å². The normalized spacial score (nSPS) is 39.0. The van der Waals surface area contributed by atoms with Crippen molar-refractivity contribution in [1.82, 2.24) is 0 Å². The summed E-state index contributed by atoms with van der Waals surface area (Å²) in [6.07, 6.45) is 2.30. The molecule has 1 N–H and O–H groups in total. The highest BCUT2D eigenvalue weighted by atomic mass is 32.2. The Morgan fingerprint density at radius 1 is 1.67 bits per heavy atom. The summed E-state index contributed by atoms with van der Waals surface area (Å²) >= 11 is 1.90. The van der Waals surface area contributed by atoms with E-state index in [-0.39, 0.29) is 10.9 Å². The van der Waals surface area contributed by atoms with Gasteiger partial charge in [0.15, 0.2) is 0 Å². The van der Waals surface area contributed by atoms with Crippen LogP contribution in [0.4, 0.5) is 0 Å². The van der Waals surface area contributed by atoms with E-state index in [0.717, 1.165) is 0 Å². The molecule has 0 aromatic heterocycles. The van der Waals surface area contributed by atoms with E-state index in [1.807, 2.05) is 18.7 Å². The molecule has 0 aliphatic carbocycles. The minimum absolute atomic E-state index is 0.148. The van der Waals surface area contributed by atoms with Crippen LogP contribution in [0.15, 0.2) is 0 Å². The van der Waals surface area contributed by atoms with Crippen LogP contribution in [0.1, 0.15) is 26.7 Å². The van der Waals surface area contributed by atoms with Gasteiger partial charge in [-0.3, -0.25) is 0 Å². The maximum Gasteiger partial charge on any atom is 0.0656 e. The fourth-order valence-electron chi connectivity index (χ4n) is 1.13. The standard InChI is InChI=1S/C7H14OS/c1-6(8)7(2)4-3-5-9-7/h6,8H,3-5H2,1-2H3. The molecule has 2 unspecified atom stereocenters. The second-order valence-electron chi connectivity index (χ2n) is 2.94. The molecule has 0 aromatic rings. The lowest BCUT2D eigenvalue weighted by Gasteiger charge is -2.25. The fourth-order valence-corrected chi connectivity index (χ4v) is 2.42. The van der Waals surface area contributed by atoms with E-state index >= 15 is 0 Å². The first-order valence-electron chi connectivity index (χ1n) is 3.47. The summed E-state index contributed by atoms with van der Waals surface area (Å²) in [6.45, 7) is 4.04. The van der Waals surface area contributed by atoms with Gasteiger partial charge >= 0.3 is 0 Å². The molecule has 1 aliphatic heterocycles. The van der Waals surface area contributed by atoms with E-state index in [1.54, 1.807) is 0 Å². The molecule has 0 amide bonds. The fraction of sp³-hybridized carbons (Fsp3) is 1.00. The number of hydrogen-bond acceptors (Lipinski definition) is 2. The molecule has 54 valence electrons. The number of hydrogen-bond donors (Lipinski definition) is 1. The Bertz CT molecular complexity index is 95.1. The summed E-state index contributed by atoms with van der Waals surface area (Å²) in [5, 5.41) is 9.29. The van der Waals surface area contributed by atoms with Crippen molar-refractivity contribution in [3.05, 3.63) is 0 Å². The van der Waals surface area contributed by atoms with Gasteiger partial charge in [-0.2, -0.15) is 11.8 Å². The minimum atomic E-state index is -0.148. The Morgan fingerprint density at radius 3 is 2.56 bits per heavy atom. The van der Waals surface area contributed by atoms with Crippen molar-refractivity contribution in [2.75, 3.05) is 5.75 Å². The molecule has 1 nitrogen and oxygen atoms in total. The van der Waals surface area contributed by atoms with E-state index in [0.29, 0.717) is 0 Å². The van der Waals surface area contributed by atoms with Gasteiger partial charge < -0.3 is 5.11 Å². The number of aliphatic hydroxyl groups is 1. The van der Waals surface area contributed by atoms with Crippen LogP contribution in [-0.2, 0) is 0 Å². The molecule has 0 saturated carbocycles. The highest BCUT2D eigenvalue weighted by Crippen LogP contribution is 2.40. The third kappa shape index (κ3) is 1.41. The first-order chi connectivity index (χ1) is 4.15. The third-order valence-electron chi connectivity index (χ3n) is 2.13. The largest absolute Gasteiger partial charge is 0.392 e. The van der Waals surface area contributed by atoms with E-state index in [2.05, 4.69) is 6.92 Å². The lowest BCUT2D eigenvalue weighted by molar-refractivity contribution is 0.152. The van der Waals surface area contributed by atoms with Gasteiger partial charge in [-0.15, -0.1) is 0 Å². The number of thioether (sulfide) groups is 1. The third-order valence-corrected chi connectivity index (χ3v) is 3.83. The van der Waals surface area contributed by atoms with Gasteiger partial charge in [0.05, 0.1) is 6.10 Å². The van der Waals surface area contributed by atoms with Crippen LogP contribution in [0.25, 0.3) is 0 Å². The monoisotopic (exact) mass is 146 g/mol. The summed E-state index contributed by atoms with van der Waals surface area (Å²) in [6, 6.07) is 0. The summed E-state index contributed by atoms with van der Waals surface area (Å²) in [5.74, 6) is 1.22. The summed E-state index contributed by atoms with van der Waals surface area (Å²) in [4.78, 5) is 0. The topological polar surface area (TPSA) is 20.2 Å². The molecule has 1 saturated heterocycles. The number of aliphatic hydroxyl groups excluding tert-OH is 1. The van der Waals surface area contributed by atoms with Crippen LogP contribution in [0, 0.1) is 0 Å². The van der Waals surface area contributed by atoms with Crippen LogP contribution < -0.4 is 0 Å². The summed E-state index contributed by atoms with van der Waals surface area (Å²) in [7, 11) is 0. The molecule has 0 bridgehead atoms. The van der Waals surface area contributed by atoms with Crippen molar-refractivity contribution in [2.24, 2.45) is 0 Å². The van der Waals surface area contributed by atoms with Crippen molar-refractivity contribution in [3.8, 4) is 0 Å². The molecule has 9 heavy (non-hydrogen) atoms. The van der Waals surface area contributed by atoms with Crippen molar-refractivity contribution < 1.29 is 5.11 Å². The second kappa shape index (κ2) is 2.51. The zero-order valence-electron chi connectivity index (χ0n) is 6.05. The van der Waals surface area contributed by atoms with Crippen LogP contribution in [-0.4, -0.2) is 21.7 Å². The average molecular weight is 146 g/mol. The van der Waals surface area contributed by atoms with Crippen LogP contribution >= 0.6 is 11.8 Å². The maximum atomic E-state index is 9.29. The first kappa shape index (κ1) is 7.42. The Balaban J connectivity index is 2.51. The Morgan fingerprint density at radius 2 is 2.33 bits per heavy atom. The van der Waals surface area contributed by atoms with Crippen molar-refractivity contribution in [2.45, 2.75) is 37.5 Å². The van der Waals surface area contributed by atoms with Crippen molar-refractivity contribution in [1.29, 1.82) is 0 Å². The molecule has 0 spiro atoms. The molecule has 1 rings (SSSR count). The molecule has 2 atom stereocenters. The average Bonchev–Trinajstić information content (AvgIpc) is 2.16. The van der Waals surface area contributed by atoms with Crippen LogP contribution in [0.2, 0.25) is 0 Å². The smallest absolute Gasteiger partial charge is 0.0656 e. The molecule has 1 fully saturated rings. The quantitative estimate of drug-likeness (QED) is 0.607. The van der Waals surface area contributed by atoms with Gasteiger partial charge in [-0.25, -0.2) is 0 Å². The SMILES string of the molecule is CC(O)C1(C)CCCS1. The second-order valence-corrected chi connectivity index (χ2v) is 4.57. The van der Waals surface area contributed by atoms with E-state index < -0.39 is 0 Å². The molecular formula is C7H14OS. The molecule has 0 radical (unpaired) electrons. The van der Waals surface area contributed by atoms with Gasteiger partial charge in [-0.1, -0.05) is 0 Å². The Kier molecular flexibility index (Phi) is 2.07. The van der Waals surface area contributed by atoms with Gasteiger partial charge in [0.25, 0.3) is 0 Å². The van der Waals surface area contributed by atoms with Gasteiger partial charge in [0.1, 0.15) is 0 Å². The lowest BCUT2D eigenvalue weighted by atomic mass is 10.0. The Labute approximate surface area is 60.8 Å². The van der Waals surface area contributed by atoms with E-state index in [4.69, 9.17) is 0 Å². The highest BCUT2D eigenvalue weighted by Gasteiger charge is 2.33. The zero-order valence-corrected chi connectivity index (χ0v) is 6.87. The van der Waals surface area contributed by atoms with E-state index in [1.165, 1.54) is 18.6 Å². The predicted octanol–water partition coefficient (Wildman–Crippen LogP) is 1.65. The maximum absolute atomic E-state index is 9.29. The molecule has 2 heteroatoms. The predicted molar refractivity (Wildman–Crippen MR) is 41.8 cm³/mol. The van der Waals surface area contributed by atoms with Gasteiger partial charge in [0, 0.05) is 4.75 Å². The van der Waals surface area contributed by atoms with Crippen molar-refractivity contribution in [3.63, 3.8) is 0 Å². The first-order valence-corrected chi connectivity index (χ1v) is 4.46. The van der Waals surface area contributed by atoms with Gasteiger partial charge in [0.2, 0.25) is 0 Å². The lowest BCUT2D eigenvalue weighted by Crippen LogP contribution is -2.30. The summed E-state index contributed by atoms with van der Waals surface area (Å²) in [5.41, 5.74) is 0. The van der Waals surface area contributed by atoms with Crippen LogP contribution in [0.5, 0.6) is 0 Å². The molecule has 0 aromatic carbocycles. The van der Waals surface area contributed by atoms with Gasteiger partial charge in [-0.05, 0) is 32.4 Å². The Hall–Kier alpha value is 0.310. The molecular weight excluding hydrogens is 132 g/mol. The minimum Gasteiger partial charge on any atom is -0.392 e. The highest BCUT2D eigenvalue weighted by molar-refractivity contribution is 8.00. The molecule has 1 aliphatic rings. The zero-order chi connectivity index (χ0) is 6.91. The number of rotatable bonds is 1.